The van der Waals surface area contributed by atoms with Crippen LogP contribution in [0.15, 0.2) is 41.3 Å². The molecule has 5 rings (SSSR count). The molecule has 2 aromatic heterocycles. The fraction of sp³-hybridized carbons (Fsp3) is 0.391. The molecule has 2 N–H and O–H groups in total. The summed E-state index contributed by atoms with van der Waals surface area (Å²) in [5.74, 6) is 1.30. The quantitative estimate of drug-likeness (QED) is 0.634. The number of aryl methyl sites for hydroxylation is 1. The Bertz CT molecular complexity index is 1260. The standard InChI is InChI=1S/C23H25ClN6O2/c1-12(2)26-23(32)30-10-16-17(11-30)19(16)27-22-25-9-13-8-15(14-6-4-5-7-18(14)24)21(31)29(3)20(13)28-22/h4-9,12,16-17,19H,10-11H2,1-3H3,(H,26,32)(H,25,27,28). The van der Waals surface area contributed by atoms with Crippen molar-refractivity contribution in [1.29, 1.82) is 0 Å². The van der Waals surface area contributed by atoms with Crippen LogP contribution in [0.5, 0.6) is 0 Å². The molecule has 1 aromatic carbocycles. The predicted molar refractivity (Wildman–Crippen MR) is 125 cm³/mol. The first-order valence-corrected chi connectivity index (χ1v) is 11.1. The summed E-state index contributed by atoms with van der Waals surface area (Å²) in [6.45, 7) is 5.38. The number of hydrogen-bond acceptors (Lipinski definition) is 5. The largest absolute Gasteiger partial charge is 0.351 e. The lowest BCUT2D eigenvalue weighted by Crippen LogP contribution is -2.43. The Hall–Kier alpha value is -3.13. The monoisotopic (exact) mass is 452 g/mol. The van der Waals surface area contributed by atoms with Crippen molar-refractivity contribution >= 4 is 34.6 Å². The van der Waals surface area contributed by atoms with Crippen LogP contribution in [0.1, 0.15) is 13.8 Å². The van der Waals surface area contributed by atoms with Crippen LogP contribution in [-0.4, -0.2) is 50.6 Å². The van der Waals surface area contributed by atoms with Gasteiger partial charge in [0, 0.05) is 71.8 Å². The fourth-order valence-corrected chi connectivity index (χ4v) is 4.82. The summed E-state index contributed by atoms with van der Waals surface area (Å²) in [5, 5.41) is 7.63. The Morgan fingerprint density at radius 2 is 1.91 bits per heavy atom. The number of piperidine rings is 1. The maximum atomic E-state index is 13.0. The molecule has 2 amide bonds. The molecule has 2 unspecified atom stereocenters. The molecular weight excluding hydrogens is 428 g/mol. The number of benzene rings is 1. The Kier molecular flexibility index (Phi) is 5.04. The second kappa shape index (κ2) is 7.78. The van der Waals surface area contributed by atoms with Gasteiger partial charge in [-0.3, -0.25) is 9.36 Å². The van der Waals surface area contributed by atoms with Gasteiger partial charge in [-0.15, -0.1) is 0 Å². The molecule has 3 heterocycles. The number of amides is 2. The van der Waals surface area contributed by atoms with Gasteiger partial charge in [0.15, 0.2) is 0 Å². The number of urea groups is 1. The molecule has 3 aromatic rings. The number of hydrogen-bond donors (Lipinski definition) is 2. The second-order valence-corrected chi connectivity index (χ2v) is 9.29. The van der Waals surface area contributed by atoms with Crippen molar-refractivity contribution < 1.29 is 4.79 Å². The maximum absolute atomic E-state index is 13.0. The molecule has 32 heavy (non-hydrogen) atoms. The van der Waals surface area contributed by atoms with Crippen LogP contribution in [0.25, 0.3) is 22.2 Å². The molecule has 9 heteroatoms. The number of fused-ring (bicyclic) bond motifs is 2. The van der Waals surface area contributed by atoms with Gasteiger partial charge >= 0.3 is 6.03 Å². The summed E-state index contributed by atoms with van der Waals surface area (Å²) in [4.78, 5) is 36.1. The topological polar surface area (TPSA) is 92.2 Å². The van der Waals surface area contributed by atoms with E-state index in [1.165, 1.54) is 4.57 Å². The van der Waals surface area contributed by atoms with E-state index in [0.717, 1.165) is 18.5 Å². The maximum Gasteiger partial charge on any atom is 0.317 e. The van der Waals surface area contributed by atoms with E-state index in [1.54, 1.807) is 25.4 Å². The fourth-order valence-electron chi connectivity index (χ4n) is 4.58. The highest BCUT2D eigenvalue weighted by Crippen LogP contribution is 2.46. The third-order valence-electron chi connectivity index (χ3n) is 6.30. The third kappa shape index (κ3) is 3.58. The van der Waals surface area contributed by atoms with Crippen LogP contribution in [0.3, 0.4) is 0 Å². The van der Waals surface area contributed by atoms with E-state index < -0.39 is 0 Å². The molecule has 2 atom stereocenters. The van der Waals surface area contributed by atoms with Gasteiger partial charge in [-0.05, 0) is 26.0 Å². The number of likely N-dealkylation sites (tertiary alicyclic amines) is 1. The first-order chi connectivity index (χ1) is 15.3. The molecular formula is C23H25ClN6O2. The van der Waals surface area contributed by atoms with Gasteiger partial charge in [0.05, 0.1) is 0 Å². The highest BCUT2D eigenvalue weighted by atomic mass is 35.5. The molecule has 1 aliphatic carbocycles. The number of pyridine rings is 1. The number of carbonyl (C=O) groups excluding carboxylic acids is 1. The van der Waals surface area contributed by atoms with Gasteiger partial charge < -0.3 is 15.5 Å². The van der Waals surface area contributed by atoms with E-state index in [4.69, 9.17) is 11.6 Å². The van der Waals surface area contributed by atoms with Crippen molar-refractivity contribution in [2.45, 2.75) is 25.9 Å². The van der Waals surface area contributed by atoms with Crippen molar-refractivity contribution in [3.63, 3.8) is 0 Å². The smallest absolute Gasteiger partial charge is 0.317 e. The van der Waals surface area contributed by atoms with Gasteiger partial charge in [-0.2, -0.15) is 4.98 Å². The van der Waals surface area contributed by atoms with Crippen LogP contribution in [0, 0.1) is 11.8 Å². The summed E-state index contributed by atoms with van der Waals surface area (Å²) in [7, 11) is 1.71. The number of halogens is 1. The molecule has 8 nitrogen and oxygen atoms in total. The van der Waals surface area contributed by atoms with Gasteiger partial charge in [0.25, 0.3) is 5.56 Å². The SMILES string of the molecule is CC(C)NC(=O)N1CC2C(C1)C2Nc1ncc2cc(-c3ccccc3Cl)c(=O)n(C)c2n1. The van der Waals surface area contributed by atoms with Crippen molar-refractivity contribution in [3.8, 4) is 11.1 Å². The summed E-state index contributed by atoms with van der Waals surface area (Å²) in [6.07, 6.45) is 1.73. The number of nitrogens with one attached hydrogen (secondary N) is 2. The lowest BCUT2D eigenvalue weighted by molar-refractivity contribution is 0.200. The number of anilines is 1. The molecule has 1 saturated carbocycles. The average Bonchev–Trinajstić information content (AvgIpc) is 3.18. The van der Waals surface area contributed by atoms with E-state index in [9.17, 15) is 9.59 Å². The molecule has 1 aliphatic heterocycles. The molecule has 0 spiro atoms. The van der Waals surface area contributed by atoms with Crippen LogP contribution in [0.4, 0.5) is 10.7 Å². The van der Waals surface area contributed by atoms with Crippen molar-refractivity contribution in [1.82, 2.24) is 24.8 Å². The van der Waals surface area contributed by atoms with Crippen LogP contribution in [0.2, 0.25) is 5.02 Å². The first-order valence-electron chi connectivity index (χ1n) is 10.8. The Morgan fingerprint density at radius 3 is 2.59 bits per heavy atom. The number of rotatable bonds is 4. The van der Waals surface area contributed by atoms with Crippen molar-refractivity contribution in [2.24, 2.45) is 18.9 Å². The van der Waals surface area contributed by atoms with Crippen LogP contribution in [-0.2, 0) is 7.05 Å². The molecule has 1 saturated heterocycles. The van der Waals surface area contributed by atoms with Crippen LogP contribution < -0.4 is 16.2 Å². The van der Waals surface area contributed by atoms with E-state index in [2.05, 4.69) is 20.6 Å². The lowest BCUT2D eigenvalue weighted by atomic mass is 10.1. The summed E-state index contributed by atoms with van der Waals surface area (Å²) >= 11 is 6.31. The minimum atomic E-state index is -0.162. The highest BCUT2D eigenvalue weighted by molar-refractivity contribution is 6.33. The Morgan fingerprint density at radius 1 is 1.19 bits per heavy atom. The Labute approximate surface area is 190 Å². The zero-order valence-electron chi connectivity index (χ0n) is 18.2. The molecule has 2 fully saturated rings. The number of carbonyl (C=O) groups is 1. The molecule has 0 radical (unpaired) electrons. The predicted octanol–water partition coefficient (Wildman–Crippen LogP) is 3.11. The molecule has 0 bridgehead atoms. The van der Waals surface area contributed by atoms with E-state index >= 15 is 0 Å². The zero-order chi connectivity index (χ0) is 22.6. The van der Waals surface area contributed by atoms with Crippen LogP contribution >= 0.6 is 11.6 Å². The minimum absolute atomic E-state index is 0.00257. The lowest BCUT2D eigenvalue weighted by Gasteiger charge is -2.22. The normalized spacial score (nSPS) is 21.7. The van der Waals surface area contributed by atoms with Crippen molar-refractivity contribution in [2.75, 3.05) is 18.4 Å². The van der Waals surface area contributed by atoms with E-state index in [1.807, 2.05) is 36.9 Å². The number of nitrogens with zero attached hydrogens (tertiary/aromatic N) is 4. The summed E-state index contributed by atoms with van der Waals surface area (Å²) < 4.78 is 1.53. The third-order valence-corrected chi connectivity index (χ3v) is 6.63. The van der Waals surface area contributed by atoms with Gasteiger partial charge in [-0.1, -0.05) is 29.8 Å². The highest BCUT2D eigenvalue weighted by Gasteiger charge is 2.57. The zero-order valence-corrected chi connectivity index (χ0v) is 18.9. The van der Waals surface area contributed by atoms with E-state index in [-0.39, 0.29) is 23.7 Å². The van der Waals surface area contributed by atoms with Gasteiger partial charge in [0.2, 0.25) is 5.95 Å². The second-order valence-electron chi connectivity index (χ2n) is 8.88. The van der Waals surface area contributed by atoms with E-state index in [0.29, 0.717) is 39.6 Å². The molecule has 166 valence electrons. The first kappa shape index (κ1) is 20.8. The molecule has 2 aliphatic rings. The average molecular weight is 453 g/mol. The Balaban J connectivity index is 1.34. The van der Waals surface area contributed by atoms with Crippen molar-refractivity contribution in [3.05, 3.63) is 51.9 Å². The minimum Gasteiger partial charge on any atom is -0.351 e. The summed E-state index contributed by atoms with van der Waals surface area (Å²) in [5.41, 5.74) is 1.61. The summed E-state index contributed by atoms with van der Waals surface area (Å²) in [6, 6.07) is 9.45. The van der Waals surface area contributed by atoms with Gasteiger partial charge in [0.1, 0.15) is 5.65 Å². The number of aromatic nitrogens is 3. The van der Waals surface area contributed by atoms with Gasteiger partial charge in [-0.25, -0.2) is 9.78 Å².